The Bertz CT molecular complexity index is 552. The molecule has 0 unspecified atom stereocenters. The molecule has 0 spiro atoms. The van der Waals surface area contributed by atoms with Crippen molar-refractivity contribution in [3.05, 3.63) is 35.4 Å². The second kappa shape index (κ2) is 5.84. The van der Waals surface area contributed by atoms with Crippen LogP contribution in [0.3, 0.4) is 0 Å². The van der Waals surface area contributed by atoms with E-state index in [-0.39, 0.29) is 6.04 Å². The normalized spacial score (nSPS) is 23.7. The summed E-state index contributed by atoms with van der Waals surface area (Å²) in [7, 11) is 1.53. The van der Waals surface area contributed by atoms with E-state index in [2.05, 4.69) is 31.2 Å². The molecule has 0 aliphatic heterocycles. The van der Waals surface area contributed by atoms with Crippen molar-refractivity contribution in [1.82, 2.24) is 8.61 Å². The minimum atomic E-state index is -3.34. The molecule has 112 valence electrons. The molecule has 4 nitrogen and oxygen atoms in total. The minimum Gasteiger partial charge on any atom is -0.195 e. The Labute approximate surface area is 122 Å². The molecule has 1 aliphatic rings. The maximum atomic E-state index is 12.3. The van der Waals surface area contributed by atoms with Crippen molar-refractivity contribution in [2.75, 3.05) is 21.1 Å². The first-order chi connectivity index (χ1) is 9.34. The molecule has 0 N–H and O–H groups in total. The fraction of sp³-hybridized carbons (Fsp3) is 0.600. The summed E-state index contributed by atoms with van der Waals surface area (Å²) >= 11 is 0. The van der Waals surface area contributed by atoms with Crippen LogP contribution in [-0.4, -0.2) is 44.2 Å². The monoisotopic (exact) mass is 296 g/mol. The van der Waals surface area contributed by atoms with E-state index < -0.39 is 10.2 Å². The van der Waals surface area contributed by atoms with Gasteiger partial charge in [-0.15, -0.1) is 0 Å². The molecule has 5 heteroatoms. The fourth-order valence-electron chi connectivity index (χ4n) is 3.01. The van der Waals surface area contributed by atoms with Crippen molar-refractivity contribution in [3.63, 3.8) is 0 Å². The van der Waals surface area contributed by atoms with Crippen molar-refractivity contribution in [1.29, 1.82) is 0 Å². The van der Waals surface area contributed by atoms with Crippen LogP contribution in [0.4, 0.5) is 0 Å². The average molecular weight is 296 g/mol. The van der Waals surface area contributed by atoms with Gasteiger partial charge in [-0.05, 0) is 25.3 Å². The van der Waals surface area contributed by atoms with Crippen molar-refractivity contribution in [2.45, 2.75) is 38.1 Å². The van der Waals surface area contributed by atoms with E-state index >= 15 is 0 Å². The molecule has 1 aliphatic carbocycles. The van der Waals surface area contributed by atoms with Crippen LogP contribution in [0.2, 0.25) is 0 Å². The number of hydrogen-bond acceptors (Lipinski definition) is 2. The highest BCUT2D eigenvalue weighted by Gasteiger charge is 2.37. The summed E-state index contributed by atoms with van der Waals surface area (Å²) in [4.78, 5) is 0. The molecule has 0 heterocycles. The van der Waals surface area contributed by atoms with Gasteiger partial charge in [0.1, 0.15) is 0 Å². The van der Waals surface area contributed by atoms with Crippen LogP contribution in [0.25, 0.3) is 0 Å². The lowest BCUT2D eigenvalue weighted by Gasteiger charge is -2.31. The van der Waals surface area contributed by atoms with Crippen LogP contribution >= 0.6 is 0 Å². The summed E-state index contributed by atoms with van der Waals surface area (Å²) in [5.41, 5.74) is 2.48. The summed E-state index contributed by atoms with van der Waals surface area (Å²) < 4.78 is 27.4. The molecular formula is C15H24N2O2S. The van der Waals surface area contributed by atoms with Gasteiger partial charge in [0.2, 0.25) is 0 Å². The Hall–Kier alpha value is -0.910. The Morgan fingerprint density at radius 2 is 1.65 bits per heavy atom. The second-order valence-corrected chi connectivity index (χ2v) is 8.02. The largest absolute Gasteiger partial charge is 0.281 e. The first-order valence-electron chi connectivity index (χ1n) is 7.06. The van der Waals surface area contributed by atoms with Crippen LogP contribution in [-0.2, 0) is 10.2 Å². The van der Waals surface area contributed by atoms with Gasteiger partial charge >= 0.3 is 0 Å². The SMILES string of the molecule is Cc1ccc([C@@H]2CCC[C@@H]2N(C)S(=O)(=O)N(C)C)cc1. The summed E-state index contributed by atoms with van der Waals surface area (Å²) in [6.07, 6.45) is 3.07. The van der Waals surface area contributed by atoms with E-state index in [9.17, 15) is 8.42 Å². The molecule has 1 aromatic carbocycles. The van der Waals surface area contributed by atoms with E-state index in [0.29, 0.717) is 5.92 Å². The predicted molar refractivity (Wildman–Crippen MR) is 81.9 cm³/mol. The predicted octanol–water partition coefficient (Wildman–Crippen LogP) is 2.37. The summed E-state index contributed by atoms with van der Waals surface area (Å²) in [6, 6.07) is 8.53. The van der Waals surface area contributed by atoms with E-state index in [1.807, 2.05) is 0 Å². The zero-order valence-corrected chi connectivity index (χ0v) is 13.5. The summed E-state index contributed by atoms with van der Waals surface area (Å²) in [5.74, 6) is 0.301. The van der Waals surface area contributed by atoms with Gasteiger partial charge in [0, 0.05) is 33.1 Å². The van der Waals surface area contributed by atoms with Crippen LogP contribution in [0, 0.1) is 6.92 Å². The molecule has 0 amide bonds. The lowest BCUT2D eigenvalue weighted by atomic mass is 9.93. The number of benzene rings is 1. The molecule has 1 aromatic rings. The molecule has 1 saturated carbocycles. The quantitative estimate of drug-likeness (QED) is 0.856. The summed E-state index contributed by atoms with van der Waals surface area (Å²) in [6.45, 7) is 2.07. The van der Waals surface area contributed by atoms with Crippen molar-refractivity contribution in [2.24, 2.45) is 0 Å². The number of aryl methyl sites for hydroxylation is 1. The van der Waals surface area contributed by atoms with Crippen molar-refractivity contribution < 1.29 is 8.42 Å². The number of nitrogens with zero attached hydrogens (tertiary/aromatic N) is 2. The Morgan fingerprint density at radius 1 is 1.05 bits per heavy atom. The van der Waals surface area contributed by atoms with Crippen LogP contribution < -0.4 is 0 Å². The zero-order chi connectivity index (χ0) is 14.9. The molecule has 2 rings (SSSR count). The average Bonchev–Trinajstić information content (AvgIpc) is 2.87. The smallest absolute Gasteiger partial charge is 0.195 e. The number of hydrogen-bond donors (Lipinski definition) is 0. The second-order valence-electron chi connectivity index (χ2n) is 5.82. The molecular weight excluding hydrogens is 272 g/mol. The van der Waals surface area contributed by atoms with Crippen LogP contribution in [0.15, 0.2) is 24.3 Å². The first-order valence-corrected chi connectivity index (χ1v) is 8.46. The van der Waals surface area contributed by atoms with E-state index in [1.165, 1.54) is 15.4 Å². The van der Waals surface area contributed by atoms with E-state index in [1.54, 1.807) is 25.4 Å². The van der Waals surface area contributed by atoms with Crippen LogP contribution in [0.1, 0.15) is 36.3 Å². The molecule has 0 radical (unpaired) electrons. The molecule has 1 fully saturated rings. The minimum absolute atomic E-state index is 0.0603. The molecule has 0 bridgehead atoms. The van der Waals surface area contributed by atoms with Gasteiger partial charge in [-0.2, -0.15) is 17.0 Å². The highest BCUT2D eigenvalue weighted by molar-refractivity contribution is 7.86. The molecule has 0 aromatic heterocycles. The lowest BCUT2D eigenvalue weighted by molar-refractivity contribution is 0.324. The van der Waals surface area contributed by atoms with E-state index in [0.717, 1.165) is 19.3 Å². The Kier molecular flexibility index (Phi) is 4.52. The van der Waals surface area contributed by atoms with Crippen molar-refractivity contribution in [3.8, 4) is 0 Å². The number of rotatable bonds is 4. The highest BCUT2D eigenvalue weighted by atomic mass is 32.2. The maximum Gasteiger partial charge on any atom is 0.281 e. The first kappa shape index (κ1) is 15.5. The van der Waals surface area contributed by atoms with Gasteiger partial charge < -0.3 is 0 Å². The topological polar surface area (TPSA) is 40.6 Å². The van der Waals surface area contributed by atoms with Gasteiger partial charge in [0.05, 0.1) is 0 Å². The third-order valence-corrected chi connectivity index (χ3v) is 6.20. The van der Waals surface area contributed by atoms with Crippen LogP contribution in [0.5, 0.6) is 0 Å². The summed E-state index contributed by atoms with van der Waals surface area (Å²) in [5, 5.41) is 0. The fourth-order valence-corrected chi connectivity index (χ4v) is 4.12. The highest BCUT2D eigenvalue weighted by Crippen LogP contribution is 2.38. The molecule has 20 heavy (non-hydrogen) atoms. The zero-order valence-electron chi connectivity index (χ0n) is 12.7. The maximum absolute atomic E-state index is 12.3. The Balaban J connectivity index is 2.25. The molecule has 2 atom stereocenters. The Morgan fingerprint density at radius 3 is 2.20 bits per heavy atom. The third-order valence-electron chi connectivity index (χ3n) is 4.28. The van der Waals surface area contributed by atoms with Gasteiger partial charge in [-0.1, -0.05) is 36.2 Å². The van der Waals surface area contributed by atoms with Gasteiger partial charge in [-0.3, -0.25) is 0 Å². The number of likely N-dealkylation sites (N-methyl/N-ethyl adjacent to an activating group) is 1. The van der Waals surface area contributed by atoms with Gasteiger partial charge in [0.15, 0.2) is 0 Å². The van der Waals surface area contributed by atoms with Crippen molar-refractivity contribution >= 4 is 10.2 Å². The lowest BCUT2D eigenvalue weighted by Crippen LogP contribution is -2.44. The van der Waals surface area contributed by atoms with Gasteiger partial charge in [0.25, 0.3) is 10.2 Å². The standard InChI is InChI=1S/C15H24N2O2S/c1-12-8-10-13(11-9-12)14-6-5-7-15(14)17(4)20(18,19)16(2)3/h8-11,14-15H,5-7H2,1-4H3/t14-,15-/m0/s1. The van der Waals surface area contributed by atoms with Gasteiger partial charge in [-0.25, -0.2) is 0 Å². The third kappa shape index (κ3) is 2.90. The van der Waals surface area contributed by atoms with E-state index in [4.69, 9.17) is 0 Å². The molecule has 0 saturated heterocycles.